The summed E-state index contributed by atoms with van der Waals surface area (Å²) in [4.78, 5) is 14.2. The van der Waals surface area contributed by atoms with Gasteiger partial charge < -0.3 is 10.2 Å². The summed E-state index contributed by atoms with van der Waals surface area (Å²) in [6.45, 7) is 4.57. The zero-order valence-corrected chi connectivity index (χ0v) is 12.6. The van der Waals surface area contributed by atoms with Crippen LogP contribution in [0.2, 0.25) is 0 Å². The van der Waals surface area contributed by atoms with Crippen LogP contribution in [0.1, 0.15) is 38.2 Å². The number of piperidine rings is 1. The number of likely N-dealkylation sites (tertiary alicyclic amines) is 1. The highest BCUT2D eigenvalue weighted by Gasteiger charge is 2.44. The van der Waals surface area contributed by atoms with Crippen molar-refractivity contribution in [2.24, 2.45) is 5.92 Å². The number of rotatable bonds is 3. The van der Waals surface area contributed by atoms with Crippen LogP contribution in [0.5, 0.6) is 0 Å². The van der Waals surface area contributed by atoms with Crippen LogP contribution in [0.15, 0.2) is 24.3 Å². The van der Waals surface area contributed by atoms with E-state index in [1.54, 1.807) is 0 Å². The number of carbonyl (C=O) groups is 1. The fourth-order valence-electron chi connectivity index (χ4n) is 3.25. The minimum Gasteiger partial charge on any atom is -0.337 e. The molecule has 0 bridgehead atoms. The SMILES string of the molecule is CC1CCCN(C(=O)NCC2(c3ccc(F)cc3)CC2)C1. The van der Waals surface area contributed by atoms with Crippen LogP contribution in [0.3, 0.4) is 0 Å². The molecule has 1 saturated carbocycles. The van der Waals surface area contributed by atoms with Crippen molar-refractivity contribution in [1.29, 1.82) is 0 Å². The zero-order valence-electron chi connectivity index (χ0n) is 12.6. The van der Waals surface area contributed by atoms with Gasteiger partial charge in [-0.15, -0.1) is 0 Å². The van der Waals surface area contributed by atoms with E-state index in [1.807, 2.05) is 17.0 Å². The molecule has 1 heterocycles. The Hall–Kier alpha value is -1.58. The zero-order chi connectivity index (χ0) is 14.9. The highest BCUT2D eigenvalue weighted by Crippen LogP contribution is 2.47. The molecule has 114 valence electrons. The van der Waals surface area contributed by atoms with Gasteiger partial charge in [-0.2, -0.15) is 0 Å². The summed E-state index contributed by atoms with van der Waals surface area (Å²) < 4.78 is 13.0. The van der Waals surface area contributed by atoms with E-state index >= 15 is 0 Å². The maximum Gasteiger partial charge on any atom is 0.317 e. The lowest BCUT2D eigenvalue weighted by Crippen LogP contribution is -2.46. The first kappa shape index (κ1) is 14.4. The molecular formula is C17H23FN2O. The standard InChI is InChI=1S/C17H23FN2O/c1-13-3-2-10-20(11-13)16(21)19-12-17(8-9-17)14-4-6-15(18)7-5-14/h4-7,13H,2-3,8-12H2,1H3,(H,19,21). The number of halogens is 1. The number of nitrogens with zero attached hydrogens (tertiary/aromatic N) is 1. The summed E-state index contributed by atoms with van der Waals surface area (Å²) in [5, 5.41) is 3.08. The van der Waals surface area contributed by atoms with Crippen LogP contribution in [0.4, 0.5) is 9.18 Å². The second-order valence-electron chi connectivity index (χ2n) is 6.64. The number of benzene rings is 1. The van der Waals surface area contributed by atoms with Gasteiger partial charge in [0.2, 0.25) is 0 Å². The molecular weight excluding hydrogens is 267 g/mol. The Labute approximate surface area is 125 Å². The first-order valence-electron chi connectivity index (χ1n) is 7.88. The Bertz CT molecular complexity index is 510. The molecule has 1 unspecified atom stereocenters. The first-order valence-corrected chi connectivity index (χ1v) is 7.88. The third kappa shape index (κ3) is 3.20. The molecule has 1 atom stereocenters. The van der Waals surface area contributed by atoms with Gasteiger partial charge in [-0.1, -0.05) is 19.1 Å². The summed E-state index contributed by atoms with van der Waals surface area (Å²) in [6.07, 6.45) is 4.44. The first-order chi connectivity index (χ1) is 10.1. The number of nitrogens with one attached hydrogen (secondary N) is 1. The second kappa shape index (κ2) is 5.66. The van der Waals surface area contributed by atoms with Crippen molar-refractivity contribution < 1.29 is 9.18 Å². The number of amides is 2. The third-order valence-electron chi connectivity index (χ3n) is 4.83. The second-order valence-corrected chi connectivity index (χ2v) is 6.64. The van der Waals surface area contributed by atoms with Crippen molar-refractivity contribution in [1.82, 2.24) is 10.2 Å². The lowest BCUT2D eigenvalue weighted by Gasteiger charge is -2.31. The van der Waals surface area contributed by atoms with E-state index in [0.717, 1.165) is 37.9 Å². The van der Waals surface area contributed by atoms with Gasteiger partial charge in [-0.3, -0.25) is 0 Å². The molecule has 0 spiro atoms. The van der Waals surface area contributed by atoms with Crippen molar-refractivity contribution in [3.63, 3.8) is 0 Å². The monoisotopic (exact) mass is 290 g/mol. The average molecular weight is 290 g/mol. The summed E-state index contributed by atoms with van der Waals surface area (Å²) in [5.74, 6) is 0.386. The van der Waals surface area contributed by atoms with Crippen molar-refractivity contribution in [3.05, 3.63) is 35.6 Å². The van der Waals surface area contributed by atoms with E-state index in [2.05, 4.69) is 12.2 Å². The Morgan fingerprint density at radius 1 is 1.38 bits per heavy atom. The number of urea groups is 1. The molecule has 2 amide bonds. The molecule has 3 nitrogen and oxygen atoms in total. The van der Waals surface area contributed by atoms with Crippen LogP contribution >= 0.6 is 0 Å². The summed E-state index contributed by atoms with van der Waals surface area (Å²) in [6, 6.07) is 6.75. The van der Waals surface area contributed by atoms with E-state index < -0.39 is 0 Å². The van der Waals surface area contributed by atoms with E-state index in [0.29, 0.717) is 12.5 Å². The smallest absolute Gasteiger partial charge is 0.317 e. The van der Waals surface area contributed by atoms with Crippen LogP contribution < -0.4 is 5.32 Å². The molecule has 2 aliphatic rings. The minimum absolute atomic E-state index is 0.0325. The minimum atomic E-state index is -0.208. The molecule has 0 radical (unpaired) electrons. The molecule has 4 heteroatoms. The highest BCUT2D eigenvalue weighted by atomic mass is 19.1. The summed E-state index contributed by atoms with van der Waals surface area (Å²) in [5.41, 5.74) is 1.17. The normalized spacial score (nSPS) is 23.7. The Morgan fingerprint density at radius 2 is 2.10 bits per heavy atom. The van der Waals surface area contributed by atoms with E-state index in [1.165, 1.54) is 18.6 Å². The van der Waals surface area contributed by atoms with Crippen LogP contribution in [0, 0.1) is 11.7 Å². The van der Waals surface area contributed by atoms with Gasteiger partial charge in [0.05, 0.1) is 0 Å². The topological polar surface area (TPSA) is 32.3 Å². The van der Waals surface area contributed by atoms with Crippen molar-refractivity contribution >= 4 is 6.03 Å². The predicted octanol–water partition coefficient (Wildman–Crippen LogP) is 3.30. The van der Waals surface area contributed by atoms with Crippen LogP contribution in [0.25, 0.3) is 0 Å². The van der Waals surface area contributed by atoms with Crippen molar-refractivity contribution in [2.75, 3.05) is 19.6 Å². The number of hydrogen-bond acceptors (Lipinski definition) is 1. The Balaban J connectivity index is 1.57. The van der Waals surface area contributed by atoms with Gasteiger partial charge in [0, 0.05) is 25.0 Å². The largest absolute Gasteiger partial charge is 0.337 e. The number of hydrogen-bond donors (Lipinski definition) is 1. The predicted molar refractivity (Wildman–Crippen MR) is 80.7 cm³/mol. The van der Waals surface area contributed by atoms with Crippen molar-refractivity contribution in [2.45, 2.75) is 38.0 Å². The lowest BCUT2D eigenvalue weighted by molar-refractivity contribution is 0.169. The van der Waals surface area contributed by atoms with Gasteiger partial charge in [0.1, 0.15) is 5.82 Å². The molecule has 1 aliphatic carbocycles. The lowest BCUT2D eigenvalue weighted by atomic mass is 9.96. The molecule has 1 aromatic rings. The maximum absolute atomic E-state index is 13.0. The van der Waals surface area contributed by atoms with Gasteiger partial charge >= 0.3 is 6.03 Å². The molecule has 1 aromatic carbocycles. The Morgan fingerprint density at radius 3 is 2.71 bits per heavy atom. The fraction of sp³-hybridized carbons (Fsp3) is 0.588. The quantitative estimate of drug-likeness (QED) is 0.910. The molecule has 2 fully saturated rings. The molecule has 21 heavy (non-hydrogen) atoms. The summed E-state index contributed by atoms with van der Waals surface area (Å²) >= 11 is 0. The third-order valence-corrected chi connectivity index (χ3v) is 4.83. The maximum atomic E-state index is 13.0. The van der Waals surface area contributed by atoms with Gasteiger partial charge in [-0.25, -0.2) is 9.18 Å². The van der Waals surface area contributed by atoms with Crippen LogP contribution in [-0.4, -0.2) is 30.6 Å². The van der Waals surface area contributed by atoms with Crippen LogP contribution in [-0.2, 0) is 5.41 Å². The van der Waals surface area contributed by atoms with E-state index in [-0.39, 0.29) is 17.3 Å². The van der Waals surface area contributed by atoms with Gasteiger partial charge in [-0.05, 0) is 49.3 Å². The summed E-state index contributed by atoms with van der Waals surface area (Å²) in [7, 11) is 0. The molecule has 1 aliphatic heterocycles. The molecule has 3 rings (SSSR count). The van der Waals surface area contributed by atoms with Gasteiger partial charge in [0.25, 0.3) is 0 Å². The van der Waals surface area contributed by atoms with E-state index in [9.17, 15) is 9.18 Å². The Kier molecular flexibility index (Phi) is 3.87. The molecule has 1 N–H and O–H groups in total. The average Bonchev–Trinajstić information content (AvgIpc) is 3.27. The molecule has 0 aromatic heterocycles. The molecule has 1 saturated heterocycles. The fourth-order valence-corrected chi connectivity index (χ4v) is 3.25. The highest BCUT2D eigenvalue weighted by molar-refractivity contribution is 5.74. The van der Waals surface area contributed by atoms with Gasteiger partial charge in [0.15, 0.2) is 0 Å². The van der Waals surface area contributed by atoms with E-state index in [4.69, 9.17) is 0 Å². The number of carbonyl (C=O) groups excluding carboxylic acids is 1. The van der Waals surface area contributed by atoms with Crippen molar-refractivity contribution in [3.8, 4) is 0 Å².